The fourth-order valence-corrected chi connectivity index (χ4v) is 2.21. The summed E-state index contributed by atoms with van der Waals surface area (Å²) in [6, 6.07) is 12.1. The number of aromatic nitrogens is 3. The molecule has 2 N–H and O–H groups in total. The van der Waals surface area contributed by atoms with E-state index in [0.29, 0.717) is 28.7 Å². The number of anilines is 3. The molecule has 0 saturated carbocycles. The van der Waals surface area contributed by atoms with Gasteiger partial charge in [0.25, 0.3) is 5.91 Å². The van der Waals surface area contributed by atoms with Crippen molar-refractivity contribution in [1.82, 2.24) is 15.2 Å². The van der Waals surface area contributed by atoms with E-state index in [1.54, 1.807) is 56.8 Å². The number of nitrogens with one attached hydrogen (secondary N) is 2. The van der Waals surface area contributed by atoms with Gasteiger partial charge < -0.3 is 20.1 Å². The first-order valence-electron chi connectivity index (χ1n) is 7.74. The molecular weight excluding hydrogens is 334 g/mol. The summed E-state index contributed by atoms with van der Waals surface area (Å²) in [4.78, 5) is 16.0. The first-order valence-corrected chi connectivity index (χ1v) is 7.74. The summed E-state index contributed by atoms with van der Waals surface area (Å²) < 4.78 is 10.5. The van der Waals surface area contributed by atoms with Gasteiger partial charge in [0.05, 0.1) is 19.8 Å². The van der Waals surface area contributed by atoms with Crippen molar-refractivity contribution in [2.24, 2.45) is 0 Å². The molecule has 0 saturated heterocycles. The Bertz CT molecular complexity index is 885. The number of ether oxygens (including phenoxy) is 2. The first kappa shape index (κ1) is 17.2. The van der Waals surface area contributed by atoms with Crippen molar-refractivity contribution < 1.29 is 14.3 Å². The molecule has 132 valence electrons. The number of pyridine rings is 1. The van der Waals surface area contributed by atoms with Gasteiger partial charge in [0.15, 0.2) is 23.1 Å². The van der Waals surface area contributed by atoms with Gasteiger partial charge in [-0.2, -0.15) is 0 Å². The molecule has 1 amide bonds. The molecule has 0 radical (unpaired) electrons. The lowest BCUT2D eigenvalue weighted by atomic mass is 10.2. The first-order chi connectivity index (χ1) is 12.7. The van der Waals surface area contributed by atoms with Gasteiger partial charge in [0, 0.05) is 24.1 Å². The van der Waals surface area contributed by atoms with Crippen LogP contribution < -0.4 is 20.1 Å². The van der Waals surface area contributed by atoms with Crippen molar-refractivity contribution in [3.05, 3.63) is 60.4 Å². The molecular formula is C18H17N5O3. The van der Waals surface area contributed by atoms with Crippen molar-refractivity contribution in [3.63, 3.8) is 0 Å². The number of methoxy groups -OCH3 is 2. The smallest absolute Gasteiger partial charge is 0.258 e. The molecule has 2 heterocycles. The minimum absolute atomic E-state index is 0.298. The Labute approximate surface area is 150 Å². The highest BCUT2D eigenvalue weighted by molar-refractivity contribution is 6.03. The van der Waals surface area contributed by atoms with Crippen LogP contribution in [0.2, 0.25) is 0 Å². The minimum atomic E-state index is -0.298. The molecule has 8 nitrogen and oxygen atoms in total. The summed E-state index contributed by atoms with van der Waals surface area (Å²) in [5.41, 5.74) is 1.21. The number of carbonyl (C=O) groups is 1. The molecule has 0 atom stereocenters. The van der Waals surface area contributed by atoms with Gasteiger partial charge in [0.2, 0.25) is 0 Å². The van der Waals surface area contributed by atoms with Gasteiger partial charge in [-0.05, 0) is 36.4 Å². The van der Waals surface area contributed by atoms with Crippen LogP contribution in [-0.2, 0) is 0 Å². The number of nitrogens with zero attached hydrogens (tertiary/aromatic N) is 3. The SMILES string of the molecule is COc1ccc(Nc2ccc(NC(=O)c3cccnc3)nn2)cc1OC. The maximum atomic E-state index is 12.1. The van der Waals surface area contributed by atoms with Crippen LogP contribution in [0.1, 0.15) is 10.4 Å². The summed E-state index contributed by atoms with van der Waals surface area (Å²) in [6.07, 6.45) is 3.08. The van der Waals surface area contributed by atoms with Gasteiger partial charge in [-0.1, -0.05) is 0 Å². The second-order valence-electron chi connectivity index (χ2n) is 5.19. The average molecular weight is 351 g/mol. The van der Waals surface area contributed by atoms with Crippen LogP contribution >= 0.6 is 0 Å². The minimum Gasteiger partial charge on any atom is -0.493 e. The number of amides is 1. The standard InChI is InChI=1S/C18H17N5O3/c1-25-14-6-5-13(10-15(14)26-2)20-16-7-8-17(23-22-16)21-18(24)12-4-3-9-19-11-12/h3-11H,1-2H3,(H,20,22)(H,21,23,24). The molecule has 1 aromatic carbocycles. The molecule has 0 aliphatic carbocycles. The Hall–Kier alpha value is -3.68. The van der Waals surface area contributed by atoms with Crippen LogP contribution in [0.15, 0.2) is 54.9 Å². The second-order valence-corrected chi connectivity index (χ2v) is 5.19. The van der Waals surface area contributed by atoms with Gasteiger partial charge >= 0.3 is 0 Å². The molecule has 0 spiro atoms. The van der Waals surface area contributed by atoms with Crippen LogP contribution in [0.3, 0.4) is 0 Å². The van der Waals surface area contributed by atoms with Crippen molar-refractivity contribution in [2.75, 3.05) is 24.9 Å². The molecule has 2 aromatic heterocycles. The largest absolute Gasteiger partial charge is 0.493 e. The second kappa shape index (κ2) is 7.93. The van der Waals surface area contributed by atoms with Gasteiger partial charge in [0.1, 0.15) is 0 Å². The van der Waals surface area contributed by atoms with Crippen molar-refractivity contribution in [3.8, 4) is 11.5 Å². The Morgan fingerprint density at radius 2 is 1.73 bits per heavy atom. The Morgan fingerprint density at radius 3 is 2.38 bits per heavy atom. The van der Waals surface area contributed by atoms with Crippen LogP contribution in [0, 0.1) is 0 Å². The zero-order valence-electron chi connectivity index (χ0n) is 14.3. The van der Waals surface area contributed by atoms with E-state index < -0.39 is 0 Å². The van der Waals surface area contributed by atoms with Crippen LogP contribution in [0.4, 0.5) is 17.3 Å². The predicted octanol–water partition coefficient (Wildman–Crippen LogP) is 2.88. The lowest BCUT2D eigenvalue weighted by molar-refractivity contribution is 0.102. The predicted molar refractivity (Wildman–Crippen MR) is 97.1 cm³/mol. The van der Waals surface area contributed by atoms with Crippen LogP contribution in [0.25, 0.3) is 0 Å². The van der Waals surface area contributed by atoms with E-state index in [-0.39, 0.29) is 5.91 Å². The lowest BCUT2D eigenvalue weighted by Gasteiger charge is -2.11. The fourth-order valence-electron chi connectivity index (χ4n) is 2.21. The molecule has 0 unspecified atom stereocenters. The Morgan fingerprint density at radius 1 is 0.962 bits per heavy atom. The third-order valence-corrected chi connectivity index (χ3v) is 3.49. The number of hydrogen-bond acceptors (Lipinski definition) is 7. The molecule has 0 aliphatic heterocycles. The summed E-state index contributed by atoms with van der Waals surface area (Å²) in [7, 11) is 3.15. The van der Waals surface area contributed by atoms with E-state index in [1.165, 1.54) is 6.20 Å². The molecule has 0 aliphatic rings. The third kappa shape index (κ3) is 4.04. The number of carbonyl (C=O) groups excluding carboxylic acids is 1. The van der Waals surface area contributed by atoms with E-state index in [2.05, 4.69) is 25.8 Å². The van der Waals surface area contributed by atoms with Crippen LogP contribution in [0.5, 0.6) is 11.5 Å². The summed E-state index contributed by atoms with van der Waals surface area (Å²) in [6.45, 7) is 0. The normalized spacial score (nSPS) is 10.1. The molecule has 0 fully saturated rings. The Kier molecular flexibility index (Phi) is 5.23. The van der Waals surface area contributed by atoms with E-state index in [4.69, 9.17) is 9.47 Å². The maximum Gasteiger partial charge on any atom is 0.258 e. The highest BCUT2D eigenvalue weighted by atomic mass is 16.5. The summed E-state index contributed by atoms with van der Waals surface area (Å²) >= 11 is 0. The molecule has 0 bridgehead atoms. The van der Waals surface area contributed by atoms with Crippen molar-refractivity contribution in [1.29, 1.82) is 0 Å². The van der Waals surface area contributed by atoms with E-state index in [9.17, 15) is 4.79 Å². The number of hydrogen-bond donors (Lipinski definition) is 2. The average Bonchev–Trinajstić information content (AvgIpc) is 2.70. The summed E-state index contributed by atoms with van der Waals surface area (Å²) in [5.74, 6) is 1.81. The van der Waals surface area contributed by atoms with Crippen molar-refractivity contribution >= 4 is 23.2 Å². The van der Waals surface area contributed by atoms with Gasteiger partial charge in [-0.3, -0.25) is 9.78 Å². The monoisotopic (exact) mass is 351 g/mol. The fraction of sp³-hybridized carbons (Fsp3) is 0.111. The molecule has 8 heteroatoms. The quantitative estimate of drug-likeness (QED) is 0.704. The van der Waals surface area contributed by atoms with Gasteiger partial charge in [-0.25, -0.2) is 0 Å². The topological polar surface area (TPSA) is 98.3 Å². The number of benzene rings is 1. The van der Waals surface area contributed by atoms with Crippen LogP contribution in [-0.4, -0.2) is 35.3 Å². The molecule has 3 rings (SSSR count). The molecule has 3 aromatic rings. The lowest BCUT2D eigenvalue weighted by Crippen LogP contribution is -2.13. The third-order valence-electron chi connectivity index (χ3n) is 3.49. The zero-order chi connectivity index (χ0) is 18.4. The zero-order valence-corrected chi connectivity index (χ0v) is 14.3. The summed E-state index contributed by atoms with van der Waals surface area (Å²) in [5, 5.41) is 13.8. The molecule has 26 heavy (non-hydrogen) atoms. The van der Waals surface area contributed by atoms with E-state index in [0.717, 1.165) is 5.69 Å². The van der Waals surface area contributed by atoms with Crippen molar-refractivity contribution in [2.45, 2.75) is 0 Å². The van der Waals surface area contributed by atoms with Gasteiger partial charge in [-0.15, -0.1) is 10.2 Å². The Balaban J connectivity index is 1.67. The maximum absolute atomic E-state index is 12.1. The highest BCUT2D eigenvalue weighted by Crippen LogP contribution is 2.30. The number of rotatable bonds is 6. The highest BCUT2D eigenvalue weighted by Gasteiger charge is 2.08. The van der Waals surface area contributed by atoms with E-state index >= 15 is 0 Å². The van der Waals surface area contributed by atoms with E-state index in [1.807, 2.05) is 6.07 Å².